The van der Waals surface area contributed by atoms with Gasteiger partial charge in [-0.1, -0.05) is 6.07 Å². The quantitative estimate of drug-likeness (QED) is 0.881. The predicted octanol–water partition coefficient (Wildman–Crippen LogP) is 1.90. The minimum atomic E-state index is -3.54. The van der Waals surface area contributed by atoms with Gasteiger partial charge in [-0.25, -0.2) is 13.2 Å². The van der Waals surface area contributed by atoms with Gasteiger partial charge in [0.25, 0.3) is 0 Å². The van der Waals surface area contributed by atoms with Crippen LogP contribution in [-0.4, -0.2) is 52.5 Å². The molecule has 0 bridgehead atoms. The minimum Gasteiger partial charge on any atom is -0.324 e. The van der Waals surface area contributed by atoms with E-state index in [1.54, 1.807) is 11.9 Å². The second-order valence-electron chi connectivity index (χ2n) is 6.69. The topological polar surface area (TPSA) is 97.2 Å². The Kier molecular flexibility index (Phi) is 4.99. The third-order valence-electron chi connectivity index (χ3n) is 4.85. The highest BCUT2D eigenvalue weighted by atomic mass is 32.2. The first-order valence-electron chi connectivity index (χ1n) is 8.50. The third-order valence-corrected chi connectivity index (χ3v) is 7.08. The van der Waals surface area contributed by atoms with E-state index in [0.29, 0.717) is 25.9 Å². The summed E-state index contributed by atoms with van der Waals surface area (Å²) in [5.41, 5.74) is 3.01. The Morgan fingerprint density at radius 1 is 1.19 bits per heavy atom. The molecule has 140 valence electrons. The number of carbonyl (C=O) groups is 1. The third kappa shape index (κ3) is 3.57. The number of nitrogens with zero attached hydrogens (tertiary/aromatic N) is 4. The molecule has 0 radical (unpaired) electrons. The molecule has 26 heavy (non-hydrogen) atoms. The lowest BCUT2D eigenvalue weighted by Gasteiger charge is -2.31. The number of sulfone groups is 1. The first-order valence-corrected chi connectivity index (χ1v) is 10.0. The fraction of sp³-hybridized carbons (Fsp3) is 0.471. The Morgan fingerprint density at radius 2 is 1.88 bits per heavy atom. The minimum absolute atomic E-state index is 0.0180. The number of urea groups is 1. The van der Waals surface area contributed by atoms with Gasteiger partial charge < -0.3 is 14.8 Å². The highest BCUT2D eigenvalue weighted by Gasteiger charge is 2.35. The van der Waals surface area contributed by atoms with E-state index >= 15 is 0 Å². The zero-order valence-corrected chi connectivity index (χ0v) is 16.0. The number of hydrogen-bond donors (Lipinski definition) is 1. The number of piperidine rings is 1. The van der Waals surface area contributed by atoms with Crippen LogP contribution >= 0.6 is 0 Å². The number of rotatable bonds is 3. The lowest BCUT2D eigenvalue weighted by molar-refractivity contribution is 0.200. The Balaban J connectivity index is 1.62. The fourth-order valence-corrected chi connectivity index (χ4v) is 4.81. The lowest BCUT2D eigenvalue weighted by Crippen LogP contribution is -2.44. The molecule has 1 aliphatic rings. The van der Waals surface area contributed by atoms with Crippen molar-refractivity contribution in [3.05, 3.63) is 35.7 Å². The van der Waals surface area contributed by atoms with Crippen LogP contribution in [0.1, 0.15) is 24.0 Å². The number of aryl methyl sites for hydroxylation is 3. The lowest BCUT2D eigenvalue weighted by atomic mass is 10.1. The van der Waals surface area contributed by atoms with Crippen LogP contribution in [0, 0.1) is 13.8 Å². The second kappa shape index (κ2) is 7.06. The van der Waals surface area contributed by atoms with Crippen molar-refractivity contribution in [1.82, 2.24) is 19.7 Å². The average Bonchev–Trinajstić information content (AvgIpc) is 3.05. The first-order chi connectivity index (χ1) is 12.3. The van der Waals surface area contributed by atoms with E-state index in [0.717, 1.165) is 16.8 Å². The summed E-state index contributed by atoms with van der Waals surface area (Å²) in [6.45, 7) is 4.79. The van der Waals surface area contributed by atoms with Gasteiger partial charge in [-0.3, -0.25) is 0 Å². The van der Waals surface area contributed by atoms with Gasteiger partial charge in [-0.05, 0) is 49.9 Å². The van der Waals surface area contributed by atoms with Crippen LogP contribution in [0.3, 0.4) is 0 Å². The van der Waals surface area contributed by atoms with Gasteiger partial charge >= 0.3 is 6.03 Å². The van der Waals surface area contributed by atoms with Gasteiger partial charge in [0.15, 0.2) is 0 Å². The zero-order valence-electron chi connectivity index (χ0n) is 15.1. The number of anilines is 1. The molecule has 2 heterocycles. The van der Waals surface area contributed by atoms with Crippen LogP contribution in [0.4, 0.5) is 10.5 Å². The van der Waals surface area contributed by atoms with E-state index in [-0.39, 0.29) is 11.2 Å². The zero-order chi connectivity index (χ0) is 18.9. The molecule has 2 aromatic rings. The summed E-state index contributed by atoms with van der Waals surface area (Å²) in [4.78, 5) is 14.1. The van der Waals surface area contributed by atoms with Crippen molar-refractivity contribution in [3.8, 4) is 0 Å². The molecular weight excluding hydrogens is 354 g/mol. The molecular formula is C17H23N5O3S. The number of aromatic nitrogens is 3. The fourth-order valence-electron chi connectivity index (χ4n) is 3.07. The van der Waals surface area contributed by atoms with Crippen molar-refractivity contribution in [2.75, 3.05) is 18.4 Å². The number of likely N-dealkylation sites (tertiary alicyclic amines) is 1. The maximum absolute atomic E-state index is 12.7. The molecule has 9 heteroatoms. The summed E-state index contributed by atoms with van der Waals surface area (Å²) >= 11 is 0. The van der Waals surface area contributed by atoms with Crippen molar-refractivity contribution >= 4 is 21.6 Å². The van der Waals surface area contributed by atoms with Crippen LogP contribution in [0.5, 0.6) is 0 Å². The van der Waals surface area contributed by atoms with Gasteiger partial charge in [-0.15, -0.1) is 10.2 Å². The Hall–Kier alpha value is -2.42. The van der Waals surface area contributed by atoms with Crippen molar-refractivity contribution in [2.24, 2.45) is 7.05 Å². The molecule has 0 spiro atoms. The van der Waals surface area contributed by atoms with Crippen molar-refractivity contribution < 1.29 is 13.2 Å². The van der Waals surface area contributed by atoms with Crippen LogP contribution < -0.4 is 5.32 Å². The maximum atomic E-state index is 12.7. The number of carbonyl (C=O) groups excluding carboxylic acids is 1. The summed E-state index contributed by atoms with van der Waals surface area (Å²) in [7, 11) is -1.93. The molecule has 0 unspecified atom stereocenters. The van der Waals surface area contributed by atoms with Gasteiger partial charge in [0, 0.05) is 25.8 Å². The van der Waals surface area contributed by atoms with Crippen LogP contribution in [-0.2, 0) is 16.9 Å². The van der Waals surface area contributed by atoms with Crippen molar-refractivity contribution in [1.29, 1.82) is 0 Å². The molecule has 1 fully saturated rings. The Labute approximate surface area is 153 Å². The van der Waals surface area contributed by atoms with Gasteiger partial charge in [0.2, 0.25) is 15.0 Å². The number of nitrogens with one attached hydrogen (secondary N) is 1. The normalized spacial score (nSPS) is 15.9. The number of hydrogen-bond acceptors (Lipinski definition) is 5. The summed E-state index contributed by atoms with van der Waals surface area (Å²) in [5.74, 6) is 0. The van der Waals surface area contributed by atoms with Gasteiger partial charge in [-0.2, -0.15) is 0 Å². The van der Waals surface area contributed by atoms with E-state index in [1.165, 1.54) is 10.9 Å². The maximum Gasteiger partial charge on any atom is 0.321 e. The standard InChI is InChI=1S/C17H23N5O3S/c1-12-4-5-14(10-13(12)2)19-16(23)22-8-6-15(7-9-22)26(24,25)17-20-18-11-21(17)3/h4-5,10-11,15H,6-9H2,1-3H3,(H,19,23). The number of benzene rings is 1. The largest absolute Gasteiger partial charge is 0.324 e. The molecule has 1 aromatic carbocycles. The monoisotopic (exact) mass is 377 g/mol. The summed E-state index contributed by atoms with van der Waals surface area (Å²) in [5, 5.41) is 9.68. The molecule has 2 amide bonds. The number of amides is 2. The van der Waals surface area contributed by atoms with Crippen molar-refractivity contribution in [3.63, 3.8) is 0 Å². The van der Waals surface area contributed by atoms with E-state index in [2.05, 4.69) is 15.5 Å². The first kappa shape index (κ1) is 18.4. The summed E-state index contributed by atoms with van der Waals surface area (Å²) in [6.07, 6.45) is 2.14. The molecule has 1 N–H and O–H groups in total. The summed E-state index contributed by atoms with van der Waals surface area (Å²) < 4.78 is 26.7. The Bertz CT molecular complexity index is 914. The molecule has 0 saturated carbocycles. The average molecular weight is 377 g/mol. The SMILES string of the molecule is Cc1ccc(NC(=O)N2CCC(S(=O)(=O)c3nncn3C)CC2)cc1C. The van der Waals surface area contributed by atoms with Crippen molar-refractivity contribution in [2.45, 2.75) is 37.1 Å². The summed E-state index contributed by atoms with van der Waals surface area (Å²) in [6, 6.07) is 5.55. The molecule has 0 aliphatic carbocycles. The van der Waals surface area contributed by atoms with E-state index in [9.17, 15) is 13.2 Å². The van der Waals surface area contributed by atoms with Crippen LogP contribution in [0.2, 0.25) is 0 Å². The van der Waals surface area contributed by atoms with Crippen LogP contribution in [0.15, 0.2) is 29.7 Å². The molecule has 1 aliphatic heterocycles. The highest BCUT2D eigenvalue weighted by Crippen LogP contribution is 2.23. The van der Waals surface area contributed by atoms with E-state index in [4.69, 9.17) is 0 Å². The molecule has 3 rings (SSSR count). The van der Waals surface area contributed by atoms with Crippen LogP contribution in [0.25, 0.3) is 0 Å². The second-order valence-corrected chi connectivity index (χ2v) is 8.81. The molecule has 0 atom stereocenters. The van der Waals surface area contributed by atoms with E-state index in [1.807, 2.05) is 32.0 Å². The molecule has 1 aromatic heterocycles. The van der Waals surface area contributed by atoms with Gasteiger partial charge in [0.05, 0.1) is 5.25 Å². The van der Waals surface area contributed by atoms with Gasteiger partial charge in [0.1, 0.15) is 6.33 Å². The highest BCUT2D eigenvalue weighted by molar-refractivity contribution is 7.91. The predicted molar refractivity (Wildman–Crippen MR) is 97.7 cm³/mol. The molecule has 8 nitrogen and oxygen atoms in total. The Morgan fingerprint density at radius 3 is 2.46 bits per heavy atom. The molecule has 1 saturated heterocycles. The van der Waals surface area contributed by atoms with E-state index < -0.39 is 15.1 Å². The smallest absolute Gasteiger partial charge is 0.321 e.